The van der Waals surface area contributed by atoms with E-state index in [-0.39, 0.29) is 21.7 Å². The van der Waals surface area contributed by atoms with E-state index in [0.717, 1.165) is 79.3 Å². The summed E-state index contributed by atoms with van der Waals surface area (Å²) in [7, 11) is 0. The minimum atomic E-state index is -0.0356. The summed E-state index contributed by atoms with van der Waals surface area (Å²) >= 11 is 0. The molecule has 0 aromatic heterocycles. The number of rotatable bonds is 8. The Morgan fingerprint density at radius 2 is 0.387 bits per heavy atom. The standard InChI is InChI=1S/C60H62O2/c1-57(2,3)47-29-21-43(22-30-47)53-51(41-17-13-39(37-61)14-18-41)52(42-19-15-40(38-62)16-20-42)54(44-23-31-48(32-24-44)58(4,5)6)56(46-27-35-50(36-28-46)60(10,11)12)55(53)45-25-33-49(34-26-45)59(7,8)9/h13-38H,1-12H3. The summed E-state index contributed by atoms with van der Waals surface area (Å²) in [5.41, 5.74) is 19.2. The van der Waals surface area contributed by atoms with Gasteiger partial charge in [0.25, 0.3) is 0 Å². The van der Waals surface area contributed by atoms with Crippen LogP contribution in [0.15, 0.2) is 146 Å². The normalized spacial score (nSPS) is 12.3. The molecule has 0 atom stereocenters. The minimum Gasteiger partial charge on any atom is -0.298 e. The lowest BCUT2D eigenvalue weighted by Crippen LogP contribution is -2.11. The van der Waals surface area contributed by atoms with Crippen molar-refractivity contribution in [2.45, 2.75) is 105 Å². The molecule has 0 amide bonds. The molecule has 0 aliphatic carbocycles. The van der Waals surface area contributed by atoms with Crippen molar-refractivity contribution >= 4 is 12.6 Å². The fourth-order valence-electron chi connectivity index (χ4n) is 8.49. The summed E-state index contributed by atoms with van der Waals surface area (Å²) < 4.78 is 0. The number of carbonyl (C=O) groups is 2. The molecule has 62 heavy (non-hydrogen) atoms. The third-order valence-corrected chi connectivity index (χ3v) is 12.3. The summed E-state index contributed by atoms with van der Waals surface area (Å²) in [6.45, 7) is 27.1. The number of hydrogen-bond acceptors (Lipinski definition) is 2. The molecular weight excluding hydrogens is 753 g/mol. The fraction of sp³-hybridized carbons (Fsp3) is 0.267. The van der Waals surface area contributed by atoms with Crippen LogP contribution in [-0.2, 0) is 21.7 Å². The Bertz CT molecular complexity index is 2510. The number of aldehydes is 2. The van der Waals surface area contributed by atoms with Crippen molar-refractivity contribution in [2.24, 2.45) is 0 Å². The summed E-state index contributed by atoms with van der Waals surface area (Å²) in [5, 5.41) is 0. The topological polar surface area (TPSA) is 34.1 Å². The first-order chi connectivity index (χ1) is 29.2. The van der Waals surface area contributed by atoms with Crippen LogP contribution in [0.4, 0.5) is 0 Å². The molecule has 0 saturated heterocycles. The van der Waals surface area contributed by atoms with Crippen molar-refractivity contribution in [3.05, 3.63) is 179 Å². The molecule has 0 unspecified atom stereocenters. The number of benzene rings is 7. The van der Waals surface area contributed by atoms with Gasteiger partial charge in [0, 0.05) is 11.1 Å². The second kappa shape index (κ2) is 16.6. The van der Waals surface area contributed by atoms with Crippen molar-refractivity contribution < 1.29 is 9.59 Å². The summed E-state index contributed by atoms with van der Waals surface area (Å²) in [5.74, 6) is 0. The molecule has 0 bridgehead atoms. The van der Waals surface area contributed by atoms with Gasteiger partial charge in [-0.3, -0.25) is 9.59 Å². The van der Waals surface area contributed by atoms with Gasteiger partial charge < -0.3 is 0 Å². The van der Waals surface area contributed by atoms with E-state index in [1.54, 1.807) is 0 Å². The first-order valence-corrected chi connectivity index (χ1v) is 22.0. The van der Waals surface area contributed by atoms with Gasteiger partial charge in [-0.05, 0) is 111 Å². The van der Waals surface area contributed by atoms with Gasteiger partial charge >= 0.3 is 0 Å². The lowest BCUT2D eigenvalue weighted by Gasteiger charge is -2.30. The van der Waals surface area contributed by atoms with Gasteiger partial charge in [-0.1, -0.05) is 229 Å². The molecule has 7 aromatic carbocycles. The van der Waals surface area contributed by atoms with E-state index in [1.165, 1.54) is 22.3 Å². The van der Waals surface area contributed by atoms with Gasteiger partial charge in [-0.25, -0.2) is 0 Å². The zero-order chi connectivity index (χ0) is 44.8. The predicted octanol–water partition coefficient (Wildman–Crippen LogP) is 16.5. The quantitative estimate of drug-likeness (QED) is 0.143. The molecule has 314 valence electrons. The van der Waals surface area contributed by atoms with E-state index >= 15 is 0 Å². The van der Waals surface area contributed by atoms with E-state index in [2.05, 4.69) is 204 Å². The molecule has 7 rings (SSSR count). The van der Waals surface area contributed by atoms with E-state index in [4.69, 9.17) is 0 Å². The number of hydrogen-bond donors (Lipinski definition) is 0. The Morgan fingerprint density at radius 3 is 0.516 bits per heavy atom. The maximum absolute atomic E-state index is 12.1. The molecule has 0 aliphatic rings. The zero-order valence-corrected chi connectivity index (χ0v) is 38.8. The van der Waals surface area contributed by atoms with Crippen LogP contribution in [0.1, 0.15) is 126 Å². The van der Waals surface area contributed by atoms with Gasteiger partial charge in [0.1, 0.15) is 12.6 Å². The summed E-state index contributed by atoms with van der Waals surface area (Å²) in [6, 6.07) is 52.7. The monoisotopic (exact) mass is 814 g/mol. The molecule has 0 N–H and O–H groups in total. The molecule has 2 nitrogen and oxygen atoms in total. The molecule has 7 aromatic rings. The largest absolute Gasteiger partial charge is 0.298 e. The Morgan fingerprint density at radius 1 is 0.242 bits per heavy atom. The van der Waals surface area contributed by atoms with Crippen LogP contribution in [0, 0.1) is 0 Å². The highest BCUT2D eigenvalue weighted by molar-refractivity contribution is 6.15. The molecule has 2 heteroatoms. The average molecular weight is 815 g/mol. The van der Waals surface area contributed by atoms with Gasteiger partial charge in [-0.2, -0.15) is 0 Å². The van der Waals surface area contributed by atoms with Crippen molar-refractivity contribution in [3.63, 3.8) is 0 Å². The smallest absolute Gasteiger partial charge is 0.150 e. The summed E-state index contributed by atoms with van der Waals surface area (Å²) in [6.07, 6.45) is 1.81. The van der Waals surface area contributed by atoms with Gasteiger partial charge in [-0.15, -0.1) is 0 Å². The third-order valence-electron chi connectivity index (χ3n) is 12.3. The van der Waals surface area contributed by atoms with Crippen LogP contribution in [-0.4, -0.2) is 12.6 Å². The lowest BCUT2D eigenvalue weighted by molar-refractivity contribution is 0.111. The first-order valence-electron chi connectivity index (χ1n) is 22.0. The van der Waals surface area contributed by atoms with Gasteiger partial charge in [0.05, 0.1) is 0 Å². The Kier molecular flexibility index (Phi) is 11.8. The molecule has 0 aliphatic heterocycles. The third kappa shape index (κ3) is 8.93. The number of carbonyl (C=O) groups excluding carboxylic acids is 2. The maximum Gasteiger partial charge on any atom is 0.150 e. The van der Waals surface area contributed by atoms with Crippen LogP contribution >= 0.6 is 0 Å². The molecule has 0 saturated carbocycles. The van der Waals surface area contributed by atoms with Crippen molar-refractivity contribution in [2.75, 3.05) is 0 Å². The van der Waals surface area contributed by atoms with Crippen molar-refractivity contribution in [1.82, 2.24) is 0 Å². The average Bonchev–Trinajstić information content (AvgIpc) is 3.24. The van der Waals surface area contributed by atoms with E-state index in [1.807, 2.05) is 24.3 Å². The van der Waals surface area contributed by atoms with Gasteiger partial charge in [0.2, 0.25) is 0 Å². The van der Waals surface area contributed by atoms with Crippen LogP contribution in [0.2, 0.25) is 0 Å². The molecular formula is C60H62O2. The van der Waals surface area contributed by atoms with Crippen LogP contribution in [0.25, 0.3) is 66.8 Å². The van der Waals surface area contributed by atoms with Crippen LogP contribution in [0.5, 0.6) is 0 Å². The lowest BCUT2D eigenvalue weighted by atomic mass is 9.73. The van der Waals surface area contributed by atoms with E-state index < -0.39 is 0 Å². The molecule has 0 fully saturated rings. The second-order valence-electron chi connectivity index (χ2n) is 21.0. The summed E-state index contributed by atoms with van der Waals surface area (Å²) in [4.78, 5) is 24.3. The molecule has 0 radical (unpaired) electrons. The zero-order valence-electron chi connectivity index (χ0n) is 38.8. The van der Waals surface area contributed by atoms with Crippen molar-refractivity contribution in [1.29, 1.82) is 0 Å². The Hall–Kier alpha value is -6.12. The molecule has 0 heterocycles. The van der Waals surface area contributed by atoms with Crippen molar-refractivity contribution in [3.8, 4) is 66.8 Å². The highest BCUT2D eigenvalue weighted by Gasteiger charge is 2.30. The van der Waals surface area contributed by atoms with Crippen LogP contribution in [0.3, 0.4) is 0 Å². The molecule has 0 spiro atoms. The first kappa shape index (κ1) is 44.0. The Balaban J connectivity index is 1.79. The highest BCUT2D eigenvalue weighted by atomic mass is 16.1. The fourth-order valence-corrected chi connectivity index (χ4v) is 8.49. The maximum atomic E-state index is 12.1. The second-order valence-corrected chi connectivity index (χ2v) is 21.0. The van der Waals surface area contributed by atoms with E-state index in [0.29, 0.717) is 11.1 Å². The van der Waals surface area contributed by atoms with Crippen LogP contribution < -0.4 is 0 Å². The highest BCUT2D eigenvalue weighted by Crippen LogP contribution is 2.56. The predicted molar refractivity (Wildman–Crippen MR) is 265 cm³/mol. The SMILES string of the molecule is CC(C)(C)c1ccc(-c2c(-c3ccc(C=O)cc3)c(-c3ccc(C=O)cc3)c(-c3ccc(C(C)(C)C)cc3)c(-c3ccc(C(C)(C)C)cc3)c2-c2ccc(C(C)(C)C)cc2)cc1. The minimum absolute atomic E-state index is 0.0290. The van der Waals surface area contributed by atoms with Gasteiger partial charge in [0.15, 0.2) is 0 Å². The Labute approximate surface area is 371 Å². The van der Waals surface area contributed by atoms with E-state index in [9.17, 15) is 9.59 Å².